The predicted molar refractivity (Wildman–Crippen MR) is 71.3 cm³/mol. The molecule has 1 aromatic carbocycles. The molecule has 102 valence electrons. The molecular formula is C11H15N5O2S. The van der Waals surface area contributed by atoms with Crippen LogP contribution in [0.1, 0.15) is 6.42 Å². The van der Waals surface area contributed by atoms with Crippen LogP contribution in [0.2, 0.25) is 0 Å². The molecule has 0 amide bonds. The summed E-state index contributed by atoms with van der Waals surface area (Å²) in [6.07, 6.45) is 2.78. The second kappa shape index (κ2) is 7.22. The fraction of sp³-hybridized carbons (Fsp3) is 0.273. The molecule has 0 aliphatic carbocycles. The summed E-state index contributed by atoms with van der Waals surface area (Å²) in [5, 5.41) is 8.17. The number of benzene rings is 1. The van der Waals surface area contributed by atoms with Gasteiger partial charge in [0.25, 0.3) is 0 Å². The molecule has 4 N–H and O–H groups in total. The van der Waals surface area contributed by atoms with Gasteiger partial charge >= 0.3 is 0 Å². The van der Waals surface area contributed by atoms with Crippen molar-refractivity contribution in [1.29, 1.82) is 0 Å². The van der Waals surface area contributed by atoms with E-state index < -0.39 is 0 Å². The summed E-state index contributed by atoms with van der Waals surface area (Å²) < 4.78 is 6.35. The molecule has 1 aromatic heterocycles. The van der Waals surface area contributed by atoms with E-state index in [-0.39, 0.29) is 0 Å². The molecule has 0 spiro atoms. The van der Waals surface area contributed by atoms with Crippen molar-refractivity contribution in [2.45, 2.75) is 17.9 Å². The molecule has 0 atom stereocenters. The van der Waals surface area contributed by atoms with Crippen LogP contribution in [0.5, 0.6) is 0 Å². The number of hydrogen-bond acceptors (Lipinski definition) is 7. The highest BCUT2D eigenvalue weighted by Crippen LogP contribution is 2.23. The van der Waals surface area contributed by atoms with Crippen LogP contribution in [0.4, 0.5) is 0 Å². The smallest absolute Gasteiger partial charge is 0.113 e. The molecule has 0 fully saturated rings. The van der Waals surface area contributed by atoms with Crippen LogP contribution < -0.4 is 11.6 Å². The van der Waals surface area contributed by atoms with Crippen molar-refractivity contribution >= 4 is 12.0 Å². The highest BCUT2D eigenvalue weighted by Gasteiger charge is 2.04. The minimum atomic E-state index is 0.643. The maximum Gasteiger partial charge on any atom is 0.113 e. The molecule has 8 heteroatoms. The fourth-order valence-corrected chi connectivity index (χ4v) is 1.90. The summed E-state index contributed by atoms with van der Waals surface area (Å²) in [6, 6.07) is 7.63. The van der Waals surface area contributed by atoms with Gasteiger partial charge in [0.1, 0.15) is 5.69 Å². The zero-order valence-corrected chi connectivity index (χ0v) is 11.0. The number of aromatic nitrogens is 3. The van der Waals surface area contributed by atoms with Crippen LogP contribution in [0.25, 0.3) is 11.3 Å². The van der Waals surface area contributed by atoms with Gasteiger partial charge in [-0.3, -0.25) is 4.68 Å². The van der Waals surface area contributed by atoms with Crippen molar-refractivity contribution in [3.8, 4) is 11.3 Å². The Hall–Kier alpha value is -1.45. The lowest BCUT2D eigenvalue weighted by Crippen LogP contribution is -2.06. The molecule has 0 bridgehead atoms. The van der Waals surface area contributed by atoms with Crippen LogP contribution in [-0.2, 0) is 15.9 Å². The first-order valence-electron chi connectivity index (χ1n) is 5.74. The van der Waals surface area contributed by atoms with Gasteiger partial charge in [0.2, 0.25) is 0 Å². The van der Waals surface area contributed by atoms with Crippen LogP contribution in [0, 0.1) is 0 Å². The summed E-state index contributed by atoms with van der Waals surface area (Å²) >= 11 is 1.04. The highest BCUT2D eigenvalue weighted by atomic mass is 32.2. The molecule has 0 aliphatic rings. The quantitative estimate of drug-likeness (QED) is 0.445. The fourth-order valence-electron chi connectivity index (χ4n) is 1.53. The third-order valence-electron chi connectivity index (χ3n) is 2.45. The molecular weight excluding hydrogens is 266 g/mol. The van der Waals surface area contributed by atoms with Gasteiger partial charge < -0.3 is 5.73 Å². The van der Waals surface area contributed by atoms with Crippen LogP contribution in [0.15, 0.2) is 35.4 Å². The van der Waals surface area contributed by atoms with Gasteiger partial charge in [-0.1, -0.05) is 17.3 Å². The van der Waals surface area contributed by atoms with Gasteiger partial charge in [-0.15, -0.1) is 14.4 Å². The van der Waals surface area contributed by atoms with Crippen molar-refractivity contribution in [3.63, 3.8) is 0 Å². The minimum Gasteiger partial charge on any atom is -0.330 e. The van der Waals surface area contributed by atoms with Crippen molar-refractivity contribution in [2.24, 2.45) is 11.6 Å². The Balaban J connectivity index is 2.02. The zero-order chi connectivity index (χ0) is 13.5. The van der Waals surface area contributed by atoms with E-state index in [0.717, 1.165) is 41.2 Å². The second-order valence-electron chi connectivity index (χ2n) is 3.78. The normalized spacial score (nSPS) is 10.8. The Morgan fingerprint density at radius 2 is 2.05 bits per heavy atom. The first-order valence-corrected chi connectivity index (χ1v) is 6.48. The van der Waals surface area contributed by atoms with E-state index in [1.165, 1.54) is 0 Å². The molecule has 0 radical (unpaired) electrons. The SMILES string of the molecule is NCCCn1cc(-c2ccc(SOON)cc2)nn1. The Labute approximate surface area is 115 Å². The molecule has 0 aliphatic heterocycles. The first kappa shape index (κ1) is 14.0. The molecule has 1 heterocycles. The van der Waals surface area contributed by atoms with Gasteiger partial charge in [0.05, 0.1) is 18.2 Å². The van der Waals surface area contributed by atoms with E-state index in [9.17, 15) is 0 Å². The Kier molecular flexibility index (Phi) is 5.31. The van der Waals surface area contributed by atoms with Crippen molar-refractivity contribution < 1.29 is 9.32 Å². The molecule has 0 saturated heterocycles. The number of nitrogens with zero attached hydrogens (tertiary/aromatic N) is 3. The monoisotopic (exact) mass is 281 g/mol. The lowest BCUT2D eigenvalue weighted by atomic mass is 10.2. The van der Waals surface area contributed by atoms with E-state index in [4.69, 9.17) is 11.6 Å². The molecule has 2 rings (SSSR count). The Bertz CT molecular complexity index is 502. The van der Waals surface area contributed by atoms with Crippen molar-refractivity contribution in [2.75, 3.05) is 6.54 Å². The number of aryl methyl sites for hydroxylation is 1. The van der Waals surface area contributed by atoms with Crippen molar-refractivity contribution in [1.82, 2.24) is 15.0 Å². The van der Waals surface area contributed by atoms with Gasteiger partial charge in [-0.05, 0) is 25.1 Å². The van der Waals surface area contributed by atoms with E-state index >= 15 is 0 Å². The number of rotatable bonds is 7. The summed E-state index contributed by atoms with van der Waals surface area (Å²) in [4.78, 5) is 4.91. The number of nitrogens with two attached hydrogens (primary N) is 2. The zero-order valence-electron chi connectivity index (χ0n) is 10.2. The van der Waals surface area contributed by atoms with Crippen LogP contribution in [-0.4, -0.2) is 21.5 Å². The number of hydrogen-bond donors (Lipinski definition) is 2. The van der Waals surface area contributed by atoms with E-state index in [0.29, 0.717) is 6.54 Å². The van der Waals surface area contributed by atoms with E-state index in [1.807, 2.05) is 30.5 Å². The topological polar surface area (TPSA) is 101 Å². The lowest BCUT2D eigenvalue weighted by Gasteiger charge is -1.99. The van der Waals surface area contributed by atoms with Gasteiger partial charge in [-0.25, -0.2) is 0 Å². The Morgan fingerprint density at radius 3 is 2.74 bits per heavy atom. The largest absolute Gasteiger partial charge is 0.330 e. The van der Waals surface area contributed by atoms with Gasteiger partial charge in [0.15, 0.2) is 0 Å². The Morgan fingerprint density at radius 1 is 1.26 bits per heavy atom. The van der Waals surface area contributed by atoms with Crippen LogP contribution >= 0.6 is 12.0 Å². The van der Waals surface area contributed by atoms with E-state index in [1.54, 1.807) is 4.68 Å². The molecule has 0 unspecified atom stereocenters. The molecule has 7 nitrogen and oxygen atoms in total. The summed E-state index contributed by atoms with van der Waals surface area (Å²) in [7, 11) is 0. The first-order chi connectivity index (χ1) is 9.33. The van der Waals surface area contributed by atoms with Crippen LogP contribution in [0.3, 0.4) is 0 Å². The summed E-state index contributed by atoms with van der Waals surface area (Å²) in [6.45, 7) is 1.42. The molecule has 19 heavy (non-hydrogen) atoms. The van der Waals surface area contributed by atoms with Gasteiger partial charge in [-0.2, -0.15) is 5.90 Å². The molecule has 2 aromatic rings. The summed E-state index contributed by atoms with van der Waals surface area (Å²) in [5.74, 6) is 4.77. The van der Waals surface area contributed by atoms with Gasteiger partial charge in [0, 0.05) is 17.0 Å². The van der Waals surface area contributed by atoms with E-state index in [2.05, 4.69) is 19.6 Å². The second-order valence-corrected chi connectivity index (χ2v) is 4.56. The maximum absolute atomic E-state index is 5.46. The summed E-state index contributed by atoms with van der Waals surface area (Å²) in [5.41, 5.74) is 7.26. The maximum atomic E-state index is 5.46. The van der Waals surface area contributed by atoms with Crippen molar-refractivity contribution in [3.05, 3.63) is 30.5 Å². The highest BCUT2D eigenvalue weighted by molar-refractivity contribution is 7.94. The minimum absolute atomic E-state index is 0.643. The standard InChI is InChI=1S/C11H15N5O2S/c12-6-1-7-16-8-11(14-15-16)9-2-4-10(5-3-9)19-18-17-13/h2-5,8H,1,6-7,12-13H2. The molecule has 0 saturated carbocycles. The average Bonchev–Trinajstić information content (AvgIpc) is 2.92. The lowest BCUT2D eigenvalue weighted by molar-refractivity contribution is -0.195. The average molecular weight is 281 g/mol. The third kappa shape index (κ3) is 4.01. The third-order valence-corrected chi connectivity index (χ3v) is 3.06. The predicted octanol–water partition coefficient (Wildman–Crippen LogP) is 1.12.